The number of Topliss-reactive ketones (excluding diaryl/α,β-unsaturated/α-hetero) is 1. The summed E-state index contributed by atoms with van der Waals surface area (Å²) in [4.78, 5) is 37.4. The summed E-state index contributed by atoms with van der Waals surface area (Å²) in [5.74, 6) is -5.33. The van der Waals surface area contributed by atoms with Crippen LogP contribution in [-0.4, -0.2) is 141 Å². The van der Waals surface area contributed by atoms with Gasteiger partial charge in [0.2, 0.25) is 0 Å². The molecule has 0 aromatic rings. The molecule has 2 aliphatic carbocycles. The van der Waals surface area contributed by atoms with Crippen molar-refractivity contribution in [3.05, 3.63) is 0 Å². The van der Waals surface area contributed by atoms with E-state index in [-0.39, 0.29) is 31.0 Å². The number of carbonyl (C=O) groups is 3. The van der Waals surface area contributed by atoms with Crippen LogP contribution in [0.15, 0.2) is 0 Å². The summed E-state index contributed by atoms with van der Waals surface area (Å²) in [6, 6.07) is -1.99. The van der Waals surface area contributed by atoms with Gasteiger partial charge in [0.25, 0.3) is 0 Å². The number of hydrogen-bond acceptors (Lipinski definition) is 13. The Bertz CT molecular complexity index is 1170. The first-order chi connectivity index (χ1) is 24.0. The van der Waals surface area contributed by atoms with Crippen molar-refractivity contribution in [3.63, 3.8) is 0 Å². The number of ether oxygens (including phenoxy) is 5. The van der Waals surface area contributed by atoms with Gasteiger partial charge in [0.15, 0.2) is 18.7 Å². The molecule has 15 atom stereocenters. The van der Waals surface area contributed by atoms with Gasteiger partial charge in [-0.05, 0) is 44.9 Å². The maximum atomic E-state index is 13.7. The molecule has 6 unspecified atom stereocenters. The number of nitrogens with one attached hydrogen (secondary N) is 1. The van der Waals surface area contributed by atoms with Crippen LogP contribution in [-0.2, 0) is 38.1 Å². The first-order valence-electron chi connectivity index (χ1n) is 17.7. The smallest absolute Gasteiger partial charge is 0.471 e. The molecule has 0 aromatic heterocycles. The van der Waals surface area contributed by atoms with E-state index in [1.165, 1.54) is 13.8 Å². The number of aliphatic hydroxyl groups is 5. The van der Waals surface area contributed by atoms with Crippen molar-refractivity contribution >= 4 is 17.7 Å². The van der Waals surface area contributed by atoms with Gasteiger partial charge in [-0.1, -0.05) is 45.4 Å². The summed E-state index contributed by atoms with van der Waals surface area (Å²) in [6.45, 7) is 3.67. The van der Waals surface area contributed by atoms with Crippen molar-refractivity contribution in [2.24, 2.45) is 17.8 Å². The Morgan fingerprint density at radius 3 is 2.14 bits per heavy atom. The molecule has 0 radical (unpaired) electrons. The molecule has 1 amide bonds. The molecule has 18 heteroatoms. The average molecular weight is 744 g/mol. The number of carbonyl (C=O) groups excluding carboxylic acids is 2. The summed E-state index contributed by atoms with van der Waals surface area (Å²) in [5.41, 5.74) is 0. The minimum atomic E-state index is -5.43. The second kappa shape index (κ2) is 17.9. The molecule has 4 rings (SSSR count). The molecule has 51 heavy (non-hydrogen) atoms. The molecule has 2 saturated heterocycles. The third kappa shape index (κ3) is 10.2. The lowest BCUT2D eigenvalue weighted by Gasteiger charge is -2.49. The van der Waals surface area contributed by atoms with Crippen molar-refractivity contribution in [3.8, 4) is 0 Å². The third-order valence-electron chi connectivity index (χ3n) is 10.7. The van der Waals surface area contributed by atoms with Crippen LogP contribution < -0.4 is 5.32 Å². The fraction of sp³-hybridized carbons (Fsp3) is 0.909. The summed E-state index contributed by atoms with van der Waals surface area (Å²) in [5, 5.41) is 64.4. The number of ketones is 1. The predicted octanol–water partition coefficient (Wildman–Crippen LogP) is 0.544. The lowest BCUT2D eigenvalue weighted by molar-refractivity contribution is -0.338. The molecule has 294 valence electrons. The second-order valence-electron chi connectivity index (χ2n) is 14.3. The maximum absolute atomic E-state index is 13.7. The monoisotopic (exact) mass is 743 g/mol. The SMILES string of the molecule is CCC1CC(C(C)=O)C[C@@H](O[C@@H]2O[C@@H](CO)[C@H](O)C(O[C@@H](CC3CCCCC3)C(=O)O)C2NC(=O)C(F)(F)F)[C@@H]1OC1O[C@@H](C)[C@H](O)C(O)[C@@H]1O. The van der Waals surface area contributed by atoms with Crippen LogP contribution in [0.25, 0.3) is 0 Å². The van der Waals surface area contributed by atoms with E-state index in [2.05, 4.69) is 0 Å². The van der Waals surface area contributed by atoms with Crippen molar-refractivity contribution in [2.45, 2.75) is 164 Å². The largest absolute Gasteiger partial charge is 0.479 e. The average Bonchev–Trinajstić information content (AvgIpc) is 3.08. The number of aliphatic hydroxyl groups excluding tert-OH is 5. The highest BCUT2D eigenvalue weighted by atomic mass is 19.4. The van der Waals surface area contributed by atoms with E-state index >= 15 is 0 Å². The number of halogens is 3. The minimum Gasteiger partial charge on any atom is -0.479 e. The number of alkyl halides is 3. The fourth-order valence-electron chi connectivity index (χ4n) is 7.69. The van der Waals surface area contributed by atoms with Crippen LogP contribution in [0.3, 0.4) is 0 Å². The second-order valence-corrected chi connectivity index (χ2v) is 14.3. The van der Waals surface area contributed by atoms with E-state index in [4.69, 9.17) is 23.7 Å². The van der Waals surface area contributed by atoms with Crippen LogP contribution in [0.4, 0.5) is 13.2 Å². The van der Waals surface area contributed by atoms with E-state index in [1.807, 2.05) is 0 Å². The third-order valence-corrected chi connectivity index (χ3v) is 10.7. The number of amides is 1. The highest BCUT2D eigenvalue weighted by Gasteiger charge is 2.54. The van der Waals surface area contributed by atoms with E-state index < -0.39 is 116 Å². The standard InChI is InChI=1S/C33H52F3NO14/c1-4-17-11-18(14(2)39)12-19(27(17)51-31-26(43)25(42)23(40)15(3)47-31)49-30-22(37-32(46)33(34,35)36)28(24(41)21(13-38)50-30)48-20(29(44)45)10-16-8-6-5-7-9-16/h15-28,30-31,38,40-43H,4-13H2,1-3H3,(H,37,46)(H,44,45)/t15-,17?,18?,19+,20-,21-,22?,23-,24-,25?,26-,27+,28?,30+,31?/m0/s1. The molecule has 0 spiro atoms. The van der Waals surface area contributed by atoms with Crippen molar-refractivity contribution in [1.82, 2.24) is 5.32 Å². The highest BCUT2D eigenvalue weighted by Crippen LogP contribution is 2.40. The molecule has 2 aliphatic heterocycles. The molecule has 0 bridgehead atoms. The van der Waals surface area contributed by atoms with Crippen LogP contribution in [0.5, 0.6) is 0 Å². The van der Waals surface area contributed by atoms with E-state index in [9.17, 15) is 58.2 Å². The number of aliphatic carboxylic acids is 1. The predicted molar refractivity (Wildman–Crippen MR) is 167 cm³/mol. The van der Waals surface area contributed by atoms with Gasteiger partial charge in [-0.2, -0.15) is 13.2 Å². The van der Waals surface area contributed by atoms with Gasteiger partial charge in [0.1, 0.15) is 48.4 Å². The number of hydrogen-bond donors (Lipinski definition) is 7. The van der Waals surface area contributed by atoms with Crippen LogP contribution in [0, 0.1) is 17.8 Å². The molecule has 2 heterocycles. The molecule has 4 fully saturated rings. The Kier molecular flexibility index (Phi) is 14.6. The molecule has 2 saturated carbocycles. The molecular weight excluding hydrogens is 691 g/mol. The Labute approximate surface area is 293 Å². The zero-order valence-electron chi connectivity index (χ0n) is 28.9. The summed E-state index contributed by atoms with van der Waals surface area (Å²) in [7, 11) is 0. The quantitative estimate of drug-likeness (QED) is 0.137. The Morgan fingerprint density at radius 1 is 0.902 bits per heavy atom. The molecule has 15 nitrogen and oxygen atoms in total. The molecular formula is C33H52F3NO14. The van der Waals surface area contributed by atoms with Gasteiger partial charge >= 0.3 is 18.1 Å². The van der Waals surface area contributed by atoms with Crippen LogP contribution >= 0.6 is 0 Å². The maximum Gasteiger partial charge on any atom is 0.471 e. The zero-order chi connectivity index (χ0) is 37.8. The number of rotatable bonds is 13. The molecule has 7 N–H and O–H groups in total. The topological polar surface area (TPSA) is 231 Å². The molecule has 0 aromatic carbocycles. The number of carboxylic acids is 1. The van der Waals surface area contributed by atoms with Crippen LogP contribution in [0.1, 0.15) is 78.6 Å². The minimum absolute atomic E-state index is 0.0195. The van der Waals surface area contributed by atoms with Gasteiger partial charge < -0.3 is 59.6 Å². The fourth-order valence-corrected chi connectivity index (χ4v) is 7.69. The van der Waals surface area contributed by atoms with Gasteiger partial charge in [-0.25, -0.2) is 4.79 Å². The van der Waals surface area contributed by atoms with Crippen LogP contribution in [0.2, 0.25) is 0 Å². The van der Waals surface area contributed by atoms with Crippen molar-refractivity contribution < 1.29 is 81.9 Å². The van der Waals surface area contributed by atoms with Gasteiger partial charge in [0.05, 0.1) is 24.9 Å². The lowest BCUT2D eigenvalue weighted by Crippen LogP contribution is -2.68. The Balaban J connectivity index is 1.70. The zero-order valence-corrected chi connectivity index (χ0v) is 28.9. The van der Waals surface area contributed by atoms with Gasteiger partial charge in [0, 0.05) is 5.92 Å². The van der Waals surface area contributed by atoms with E-state index in [0.717, 1.165) is 19.3 Å². The normalized spacial score (nSPS) is 40.4. The first kappa shape index (κ1) is 41.8. The van der Waals surface area contributed by atoms with Crippen molar-refractivity contribution in [2.75, 3.05) is 6.61 Å². The Hall–Kier alpha value is -2.00. The summed E-state index contributed by atoms with van der Waals surface area (Å²) in [6.07, 6.45) is -19.3. The molecule has 4 aliphatic rings. The number of carboxylic acid groups (broad SMARTS) is 1. The first-order valence-corrected chi connectivity index (χ1v) is 17.7. The Morgan fingerprint density at radius 2 is 1.57 bits per heavy atom. The van der Waals surface area contributed by atoms with E-state index in [0.29, 0.717) is 19.3 Å². The highest BCUT2D eigenvalue weighted by molar-refractivity contribution is 5.82. The summed E-state index contributed by atoms with van der Waals surface area (Å²) < 4.78 is 70.7. The summed E-state index contributed by atoms with van der Waals surface area (Å²) >= 11 is 0. The lowest BCUT2D eigenvalue weighted by atomic mass is 9.75. The van der Waals surface area contributed by atoms with E-state index in [1.54, 1.807) is 12.2 Å². The van der Waals surface area contributed by atoms with Gasteiger partial charge in [-0.15, -0.1) is 0 Å². The van der Waals surface area contributed by atoms with Crippen molar-refractivity contribution in [1.29, 1.82) is 0 Å². The van der Waals surface area contributed by atoms with Gasteiger partial charge in [-0.3, -0.25) is 9.59 Å².